The van der Waals surface area contributed by atoms with E-state index in [9.17, 15) is 4.79 Å². The summed E-state index contributed by atoms with van der Waals surface area (Å²) >= 11 is 0. The predicted molar refractivity (Wildman–Crippen MR) is 156 cm³/mol. The van der Waals surface area contributed by atoms with Crippen LogP contribution >= 0.6 is 0 Å². The number of hydrogen-bond acceptors (Lipinski definition) is 6. The maximum Gasteiger partial charge on any atom is 0.272 e. The molecule has 1 unspecified atom stereocenters. The second-order valence-electron chi connectivity index (χ2n) is 11.5. The Morgan fingerprint density at radius 2 is 1.87 bits per heavy atom. The van der Waals surface area contributed by atoms with Crippen LogP contribution in [0, 0.1) is 13.8 Å². The fraction of sp³-hybridized carbons (Fsp3) is 0.433. The lowest BCUT2D eigenvalue weighted by molar-refractivity contribution is -0.0428. The highest BCUT2D eigenvalue weighted by Gasteiger charge is 2.22. The van der Waals surface area contributed by atoms with Gasteiger partial charge in [-0.05, 0) is 69.0 Å². The number of ether oxygens (including phenoxy) is 3. The van der Waals surface area contributed by atoms with Crippen molar-refractivity contribution in [1.82, 2.24) is 19.3 Å². The number of rotatable bonds is 9. The third-order valence-electron chi connectivity index (χ3n) is 7.20. The van der Waals surface area contributed by atoms with Gasteiger partial charge in [0.25, 0.3) is 5.56 Å². The van der Waals surface area contributed by atoms with Crippen LogP contribution in [0.1, 0.15) is 36.7 Å². The fourth-order valence-corrected chi connectivity index (χ4v) is 5.73. The molecule has 1 aliphatic heterocycles. The average Bonchev–Trinajstić information content (AvgIpc) is 3.34. The summed E-state index contributed by atoms with van der Waals surface area (Å²) < 4.78 is 21.5. The number of hydrogen-bond donors (Lipinski definition) is 0. The molecule has 0 saturated carbocycles. The summed E-state index contributed by atoms with van der Waals surface area (Å²) in [5.41, 5.74) is 4.16. The summed E-state index contributed by atoms with van der Waals surface area (Å²) in [7, 11) is -1.12. The second-order valence-corrected chi connectivity index (χ2v) is 17.1. The Labute approximate surface area is 230 Å². The molecule has 0 N–H and O–H groups in total. The van der Waals surface area contributed by atoms with Crippen LogP contribution in [0.15, 0.2) is 53.6 Å². The van der Waals surface area contributed by atoms with Crippen LogP contribution < -0.4 is 10.3 Å². The first-order valence-corrected chi connectivity index (χ1v) is 17.4. The molecule has 0 radical (unpaired) electrons. The van der Waals surface area contributed by atoms with Crippen molar-refractivity contribution in [3.63, 3.8) is 0 Å². The molecule has 0 bridgehead atoms. The monoisotopic (exact) mass is 546 g/mol. The van der Waals surface area contributed by atoms with Gasteiger partial charge in [-0.2, -0.15) is 5.10 Å². The van der Waals surface area contributed by atoms with Crippen molar-refractivity contribution in [1.29, 1.82) is 0 Å². The Kier molecular flexibility index (Phi) is 8.02. The van der Waals surface area contributed by atoms with E-state index in [1.807, 2.05) is 56.4 Å². The summed E-state index contributed by atoms with van der Waals surface area (Å²) in [5.74, 6) is 1.22. The number of pyridine rings is 1. The van der Waals surface area contributed by atoms with Crippen molar-refractivity contribution in [2.45, 2.75) is 71.8 Å². The Balaban J connectivity index is 1.32. The highest BCUT2D eigenvalue weighted by molar-refractivity contribution is 6.76. The number of fused-ring (bicyclic) bond motifs is 1. The fourth-order valence-electron chi connectivity index (χ4n) is 4.98. The smallest absolute Gasteiger partial charge is 0.272 e. The maximum absolute atomic E-state index is 13.2. The molecule has 1 saturated heterocycles. The molecular weight excluding hydrogens is 508 g/mol. The number of nitrogens with zero attached hydrogens (tertiary/aromatic N) is 4. The van der Waals surface area contributed by atoms with Crippen LogP contribution in [-0.4, -0.2) is 40.6 Å². The van der Waals surface area contributed by atoms with Crippen molar-refractivity contribution in [3.05, 3.63) is 70.4 Å². The van der Waals surface area contributed by atoms with Crippen LogP contribution in [0.5, 0.6) is 11.6 Å². The molecule has 9 heteroatoms. The Bertz CT molecular complexity index is 1500. The maximum atomic E-state index is 13.2. The van der Waals surface area contributed by atoms with Crippen molar-refractivity contribution in [3.8, 4) is 22.8 Å². The Hall–Kier alpha value is -3.27. The molecule has 1 atom stereocenters. The lowest BCUT2D eigenvalue weighted by atomic mass is 10.0. The van der Waals surface area contributed by atoms with Gasteiger partial charge >= 0.3 is 0 Å². The van der Waals surface area contributed by atoms with Crippen LogP contribution in [-0.2, 0) is 16.2 Å². The summed E-state index contributed by atoms with van der Waals surface area (Å²) in [4.78, 5) is 17.6. The number of benzene rings is 1. The molecule has 1 fully saturated rings. The number of aromatic nitrogens is 4. The van der Waals surface area contributed by atoms with Crippen molar-refractivity contribution in [2.75, 3.05) is 13.2 Å². The van der Waals surface area contributed by atoms with E-state index in [1.54, 1.807) is 6.20 Å². The molecule has 3 aromatic heterocycles. The van der Waals surface area contributed by atoms with E-state index in [-0.39, 0.29) is 11.8 Å². The normalized spacial score (nSPS) is 16.1. The van der Waals surface area contributed by atoms with Gasteiger partial charge in [0.2, 0.25) is 5.88 Å². The molecule has 0 amide bonds. The third kappa shape index (κ3) is 6.16. The minimum Gasteiger partial charge on any atom is -0.438 e. The SMILES string of the molecule is Cc1nn(C2CCCCO2)c(=O)c(C)c1-c1ccc(Oc2nccc3c2ccn3COCC[Si](C)(C)C)cc1. The van der Waals surface area contributed by atoms with Gasteiger partial charge in [-0.15, -0.1) is 0 Å². The quantitative estimate of drug-likeness (QED) is 0.172. The third-order valence-corrected chi connectivity index (χ3v) is 8.90. The molecule has 1 aromatic carbocycles. The zero-order valence-electron chi connectivity index (χ0n) is 23.6. The summed E-state index contributed by atoms with van der Waals surface area (Å²) in [5, 5.41) is 5.56. The topological polar surface area (TPSA) is 80.4 Å². The average molecular weight is 547 g/mol. The van der Waals surface area contributed by atoms with E-state index in [0.29, 0.717) is 30.5 Å². The van der Waals surface area contributed by atoms with Gasteiger partial charge in [-0.25, -0.2) is 9.67 Å². The van der Waals surface area contributed by atoms with Crippen molar-refractivity contribution < 1.29 is 14.2 Å². The summed E-state index contributed by atoms with van der Waals surface area (Å²) in [6, 6.07) is 12.9. The molecule has 206 valence electrons. The van der Waals surface area contributed by atoms with Crippen molar-refractivity contribution in [2.24, 2.45) is 0 Å². The first kappa shape index (κ1) is 27.3. The van der Waals surface area contributed by atoms with Gasteiger partial charge in [0.1, 0.15) is 12.5 Å². The Morgan fingerprint density at radius 1 is 1.08 bits per heavy atom. The van der Waals surface area contributed by atoms with E-state index in [2.05, 4.69) is 34.3 Å². The van der Waals surface area contributed by atoms with Crippen LogP contribution in [0.2, 0.25) is 25.7 Å². The van der Waals surface area contributed by atoms with E-state index in [4.69, 9.17) is 14.2 Å². The van der Waals surface area contributed by atoms with Gasteiger partial charge in [0.15, 0.2) is 6.23 Å². The minimum atomic E-state index is -1.12. The molecule has 8 nitrogen and oxygen atoms in total. The second kappa shape index (κ2) is 11.5. The molecule has 39 heavy (non-hydrogen) atoms. The van der Waals surface area contributed by atoms with Gasteiger partial charge < -0.3 is 18.8 Å². The first-order valence-electron chi connectivity index (χ1n) is 13.7. The lowest BCUT2D eigenvalue weighted by Gasteiger charge is -2.24. The zero-order valence-corrected chi connectivity index (χ0v) is 24.6. The van der Waals surface area contributed by atoms with Crippen LogP contribution in [0.3, 0.4) is 0 Å². The highest BCUT2D eigenvalue weighted by atomic mass is 28.3. The Morgan fingerprint density at radius 3 is 2.59 bits per heavy atom. The van der Waals surface area contributed by atoms with E-state index in [0.717, 1.165) is 59.6 Å². The van der Waals surface area contributed by atoms with Crippen LogP contribution in [0.4, 0.5) is 0 Å². The largest absolute Gasteiger partial charge is 0.438 e. The van der Waals surface area contributed by atoms with E-state index < -0.39 is 8.07 Å². The molecule has 4 aromatic rings. The number of aryl methyl sites for hydroxylation is 1. The lowest BCUT2D eigenvalue weighted by Crippen LogP contribution is -2.33. The molecule has 4 heterocycles. The minimum absolute atomic E-state index is 0.104. The summed E-state index contributed by atoms with van der Waals surface area (Å²) in [6.07, 6.45) is 6.37. The molecular formula is C30H38N4O4Si. The van der Waals surface area contributed by atoms with Crippen LogP contribution in [0.25, 0.3) is 22.0 Å². The van der Waals surface area contributed by atoms with E-state index >= 15 is 0 Å². The van der Waals surface area contributed by atoms with Gasteiger partial charge in [0.05, 0.1) is 16.6 Å². The molecule has 5 rings (SSSR count). The standard InChI is InChI=1S/C30H38N4O4Si/c1-21-28(22(2)32-34(30(21)35)27-8-6-7-17-37-27)23-9-11-24(12-10-23)38-29-25-14-16-33(26(25)13-15-31-29)20-36-18-19-39(3,4)5/h9-16,27H,6-8,17-20H2,1-5H3. The van der Waals surface area contributed by atoms with Gasteiger partial charge in [-0.1, -0.05) is 31.8 Å². The predicted octanol–water partition coefficient (Wildman–Crippen LogP) is 6.68. The van der Waals surface area contributed by atoms with Crippen molar-refractivity contribution >= 4 is 19.0 Å². The molecule has 1 aliphatic rings. The molecule has 0 aliphatic carbocycles. The summed E-state index contributed by atoms with van der Waals surface area (Å²) in [6.45, 7) is 12.8. The van der Waals surface area contributed by atoms with Gasteiger partial charge in [-0.3, -0.25) is 4.79 Å². The highest BCUT2D eigenvalue weighted by Crippen LogP contribution is 2.32. The zero-order chi connectivity index (χ0) is 27.6. The molecule has 0 spiro atoms. The van der Waals surface area contributed by atoms with E-state index in [1.165, 1.54) is 4.68 Å². The van der Waals surface area contributed by atoms with Gasteiger partial charge in [0, 0.05) is 44.8 Å². The first-order chi connectivity index (χ1) is 18.7.